The Balaban J connectivity index is 0.000000980. The molecule has 0 aliphatic heterocycles. The fourth-order valence-corrected chi connectivity index (χ4v) is 1.21. The van der Waals surface area contributed by atoms with Crippen molar-refractivity contribution >= 4 is 12.2 Å². The molecule has 0 atom stereocenters. The fourth-order valence-electron chi connectivity index (χ4n) is 1.04. The third-order valence-electron chi connectivity index (χ3n) is 1.62. The number of pyridine rings is 1. The molecule has 0 unspecified atom stereocenters. The molecule has 3 nitrogen and oxygen atoms in total. The molecular weight excluding hydrogens is 221 g/mol. The zero-order chi connectivity index (χ0) is 9.10. The Hall–Kier alpha value is 0.0864. The predicted molar refractivity (Wildman–Crippen MR) is 52.7 cm³/mol. The smallest absolute Gasteiger partial charge is 0.329 e. The van der Waals surface area contributed by atoms with Crippen LogP contribution in [0.25, 0.3) is 11.4 Å². The third-order valence-corrected chi connectivity index (χ3v) is 1.82. The van der Waals surface area contributed by atoms with Gasteiger partial charge in [-0.25, -0.2) is 4.98 Å². The summed E-state index contributed by atoms with van der Waals surface area (Å²) in [5.74, 6) is 0. The Morgan fingerprint density at radius 2 is 1.93 bits per heavy atom. The summed E-state index contributed by atoms with van der Waals surface area (Å²) in [6, 6.07) is 7.57. The van der Waals surface area contributed by atoms with Gasteiger partial charge in [-0.3, -0.25) is 4.98 Å². The summed E-state index contributed by atoms with van der Waals surface area (Å²) in [5, 5.41) is 0. The molecule has 0 saturated heterocycles. The summed E-state index contributed by atoms with van der Waals surface area (Å²) in [6.07, 6.45) is 3.41. The van der Waals surface area contributed by atoms with Gasteiger partial charge >= 0.3 is 51.4 Å². The van der Waals surface area contributed by atoms with Gasteiger partial charge in [-0.05, 0) is 30.4 Å². The largest absolute Gasteiger partial charge is 1.00 e. The van der Waals surface area contributed by atoms with Crippen molar-refractivity contribution in [2.75, 3.05) is 0 Å². The summed E-state index contributed by atoms with van der Waals surface area (Å²) >= 11 is 4.91. The molecule has 5 heteroatoms. The molecule has 2 aromatic rings. The van der Waals surface area contributed by atoms with Gasteiger partial charge in [0, 0.05) is 12.4 Å². The third kappa shape index (κ3) is 3.05. The topological polar surface area (TPSA) is 41.6 Å². The summed E-state index contributed by atoms with van der Waals surface area (Å²) in [4.78, 5) is 11.0. The van der Waals surface area contributed by atoms with E-state index in [9.17, 15) is 0 Å². The second-order valence-electron chi connectivity index (χ2n) is 2.50. The van der Waals surface area contributed by atoms with E-state index in [4.69, 9.17) is 12.2 Å². The maximum absolute atomic E-state index is 4.91. The minimum atomic E-state index is 0. The first-order valence-electron chi connectivity index (χ1n) is 3.83. The zero-order valence-electron chi connectivity index (χ0n) is 7.77. The normalized spacial score (nSPS) is 9.14. The van der Waals surface area contributed by atoms with E-state index < -0.39 is 0 Å². The standard InChI is InChI=1S/C9H7N3S.K/c13-9-11-6-4-8(12-9)7-3-1-2-5-10-7;/h1-6H,(H,11,12,13);/q;+1. The molecule has 0 aromatic carbocycles. The van der Waals surface area contributed by atoms with Crippen LogP contribution in [0.1, 0.15) is 0 Å². The molecule has 2 rings (SSSR count). The molecule has 0 amide bonds. The van der Waals surface area contributed by atoms with Crippen molar-refractivity contribution in [1.82, 2.24) is 15.0 Å². The molecule has 64 valence electrons. The van der Waals surface area contributed by atoms with Crippen LogP contribution in [0, 0.1) is 4.77 Å². The Kier molecular flexibility index (Phi) is 5.07. The molecule has 0 aliphatic carbocycles. The van der Waals surface area contributed by atoms with Crippen LogP contribution in [-0.4, -0.2) is 15.0 Å². The first kappa shape index (κ1) is 12.2. The van der Waals surface area contributed by atoms with Crippen molar-refractivity contribution in [2.45, 2.75) is 0 Å². The van der Waals surface area contributed by atoms with Crippen LogP contribution in [-0.2, 0) is 0 Å². The van der Waals surface area contributed by atoms with Gasteiger partial charge in [-0.1, -0.05) is 6.07 Å². The molecule has 0 bridgehead atoms. The molecular formula is C9H7KN3S+. The molecule has 0 aliphatic rings. The number of hydrogen-bond donors (Lipinski definition) is 1. The van der Waals surface area contributed by atoms with E-state index in [0.29, 0.717) is 4.77 Å². The first-order valence-corrected chi connectivity index (χ1v) is 4.24. The van der Waals surface area contributed by atoms with Crippen molar-refractivity contribution in [1.29, 1.82) is 0 Å². The van der Waals surface area contributed by atoms with Gasteiger partial charge in [0.2, 0.25) is 0 Å². The molecule has 2 aromatic heterocycles. The van der Waals surface area contributed by atoms with Crippen molar-refractivity contribution in [2.24, 2.45) is 0 Å². The van der Waals surface area contributed by atoms with E-state index in [1.807, 2.05) is 24.3 Å². The fraction of sp³-hybridized carbons (Fsp3) is 0. The van der Waals surface area contributed by atoms with Crippen molar-refractivity contribution in [3.63, 3.8) is 0 Å². The molecule has 14 heavy (non-hydrogen) atoms. The van der Waals surface area contributed by atoms with Gasteiger partial charge < -0.3 is 4.98 Å². The Morgan fingerprint density at radius 1 is 1.07 bits per heavy atom. The Morgan fingerprint density at radius 3 is 2.57 bits per heavy atom. The molecule has 1 N–H and O–H groups in total. The molecule has 0 saturated carbocycles. The maximum atomic E-state index is 4.91. The van der Waals surface area contributed by atoms with Gasteiger partial charge in [0.25, 0.3) is 0 Å². The van der Waals surface area contributed by atoms with Crippen LogP contribution in [0.5, 0.6) is 0 Å². The van der Waals surface area contributed by atoms with Crippen LogP contribution in [0.15, 0.2) is 36.7 Å². The number of aromatic amines is 1. The predicted octanol–water partition coefficient (Wildman–Crippen LogP) is -0.795. The maximum Gasteiger partial charge on any atom is 1.00 e. The number of nitrogens with zero attached hydrogens (tertiary/aromatic N) is 2. The van der Waals surface area contributed by atoms with Gasteiger partial charge in [-0.15, -0.1) is 0 Å². The number of nitrogens with one attached hydrogen (secondary N) is 1. The van der Waals surface area contributed by atoms with E-state index in [2.05, 4.69) is 15.0 Å². The molecule has 0 spiro atoms. The van der Waals surface area contributed by atoms with Crippen LogP contribution in [0.3, 0.4) is 0 Å². The summed E-state index contributed by atoms with van der Waals surface area (Å²) in [5.41, 5.74) is 1.76. The number of H-pyrrole nitrogens is 1. The van der Waals surface area contributed by atoms with Gasteiger partial charge in [0.15, 0.2) is 4.77 Å². The average molecular weight is 228 g/mol. The number of hydrogen-bond acceptors (Lipinski definition) is 3. The Labute approximate surface area is 129 Å². The van der Waals surface area contributed by atoms with Crippen molar-refractivity contribution < 1.29 is 51.4 Å². The summed E-state index contributed by atoms with van der Waals surface area (Å²) in [7, 11) is 0. The van der Waals surface area contributed by atoms with E-state index in [1.165, 1.54) is 0 Å². The van der Waals surface area contributed by atoms with Gasteiger partial charge in [-0.2, -0.15) is 0 Å². The molecule has 0 radical (unpaired) electrons. The van der Waals surface area contributed by atoms with Crippen LogP contribution >= 0.6 is 12.2 Å². The van der Waals surface area contributed by atoms with E-state index >= 15 is 0 Å². The molecule has 2 heterocycles. The molecule has 0 fully saturated rings. The summed E-state index contributed by atoms with van der Waals surface area (Å²) < 4.78 is 0.475. The number of aromatic nitrogens is 3. The minimum Gasteiger partial charge on any atom is -0.329 e. The van der Waals surface area contributed by atoms with E-state index in [0.717, 1.165) is 11.4 Å². The van der Waals surface area contributed by atoms with Crippen LogP contribution in [0.2, 0.25) is 0 Å². The first-order chi connectivity index (χ1) is 6.36. The van der Waals surface area contributed by atoms with E-state index in [-0.39, 0.29) is 51.4 Å². The average Bonchev–Trinajstić information content (AvgIpc) is 2.19. The second kappa shape index (κ2) is 5.84. The SMILES string of the molecule is S=c1nccc(-c2ccccn2)[nH]1.[K+]. The second-order valence-corrected chi connectivity index (χ2v) is 2.89. The van der Waals surface area contributed by atoms with Crippen LogP contribution in [0.4, 0.5) is 0 Å². The van der Waals surface area contributed by atoms with Crippen LogP contribution < -0.4 is 51.4 Å². The minimum absolute atomic E-state index is 0. The van der Waals surface area contributed by atoms with E-state index in [1.54, 1.807) is 12.4 Å². The Bertz CT molecular complexity index is 455. The van der Waals surface area contributed by atoms with Crippen molar-refractivity contribution in [3.05, 3.63) is 41.4 Å². The van der Waals surface area contributed by atoms with Gasteiger partial charge in [0.1, 0.15) is 0 Å². The number of rotatable bonds is 1. The zero-order valence-corrected chi connectivity index (χ0v) is 11.7. The quantitative estimate of drug-likeness (QED) is 0.513. The monoisotopic (exact) mass is 228 g/mol. The van der Waals surface area contributed by atoms with Gasteiger partial charge in [0.05, 0.1) is 11.4 Å². The summed E-state index contributed by atoms with van der Waals surface area (Å²) in [6.45, 7) is 0. The van der Waals surface area contributed by atoms with Crippen molar-refractivity contribution in [3.8, 4) is 11.4 Å².